The maximum Gasteiger partial charge on any atom is 0.251 e. The molecular weight excluding hydrogens is 346 g/mol. The predicted octanol–water partition coefficient (Wildman–Crippen LogP) is 0.0130. The van der Waals surface area contributed by atoms with E-state index in [0.29, 0.717) is 26.2 Å². The molecule has 1 atom stereocenters. The number of hydrogen-bond acceptors (Lipinski definition) is 5. The number of fused-ring (bicyclic) bond motifs is 1. The lowest BCUT2D eigenvalue weighted by molar-refractivity contribution is -0.142. The molecule has 1 N–H and O–H groups in total. The molecule has 2 fully saturated rings. The SMILES string of the molecule is CCNC(=NCc1nnc2n1CCC2)N1CCN(C(=O)C2CCCO2)CC1. The van der Waals surface area contributed by atoms with Crippen LogP contribution in [0.25, 0.3) is 0 Å². The van der Waals surface area contributed by atoms with Gasteiger partial charge in [-0.25, -0.2) is 4.99 Å². The molecule has 1 aromatic rings. The third-order valence-corrected chi connectivity index (χ3v) is 5.49. The fourth-order valence-corrected chi connectivity index (χ4v) is 4.01. The Balaban J connectivity index is 1.35. The van der Waals surface area contributed by atoms with Gasteiger partial charge in [0.1, 0.15) is 18.5 Å². The molecule has 4 rings (SSSR count). The fourth-order valence-electron chi connectivity index (χ4n) is 4.01. The normalized spacial score (nSPS) is 23.0. The van der Waals surface area contributed by atoms with Gasteiger partial charge in [0.15, 0.2) is 11.8 Å². The van der Waals surface area contributed by atoms with Crippen molar-refractivity contribution in [1.29, 1.82) is 0 Å². The van der Waals surface area contributed by atoms with E-state index >= 15 is 0 Å². The lowest BCUT2D eigenvalue weighted by Gasteiger charge is -2.37. The molecule has 1 aromatic heterocycles. The first-order chi connectivity index (χ1) is 13.3. The molecule has 0 aliphatic carbocycles. The van der Waals surface area contributed by atoms with Crippen molar-refractivity contribution in [1.82, 2.24) is 29.9 Å². The Kier molecular flexibility index (Phi) is 5.56. The van der Waals surface area contributed by atoms with Crippen molar-refractivity contribution in [3.63, 3.8) is 0 Å². The highest BCUT2D eigenvalue weighted by atomic mass is 16.5. The number of aromatic nitrogens is 3. The van der Waals surface area contributed by atoms with Crippen molar-refractivity contribution < 1.29 is 9.53 Å². The largest absolute Gasteiger partial charge is 0.368 e. The summed E-state index contributed by atoms with van der Waals surface area (Å²) in [4.78, 5) is 21.5. The van der Waals surface area contributed by atoms with Crippen LogP contribution < -0.4 is 5.32 Å². The average Bonchev–Trinajstić information content (AvgIpc) is 3.43. The molecule has 4 heterocycles. The maximum atomic E-state index is 12.5. The van der Waals surface area contributed by atoms with Gasteiger partial charge in [0, 0.05) is 52.3 Å². The number of rotatable bonds is 4. The van der Waals surface area contributed by atoms with E-state index < -0.39 is 0 Å². The van der Waals surface area contributed by atoms with Gasteiger partial charge in [0.25, 0.3) is 5.91 Å². The van der Waals surface area contributed by atoms with E-state index in [4.69, 9.17) is 9.73 Å². The van der Waals surface area contributed by atoms with E-state index in [1.165, 1.54) is 0 Å². The van der Waals surface area contributed by atoms with Crippen molar-refractivity contribution in [2.75, 3.05) is 39.3 Å². The number of guanidine groups is 1. The third kappa shape index (κ3) is 3.92. The van der Waals surface area contributed by atoms with Gasteiger partial charge < -0.3 is 24.4 Å². The van der Waals surface area contributed by atoms with Gasteiger partial charge in [-0.15, -0.1) is 10.2 Å². The van der Waals surface area contributed by atoms with Crippen LogP contribution in [0, 0.1) is 0 Å². The van der Waals surface area contributed by atoms with Crippen LogP contribution in [0.5, 0.6) is 0 Å². The molecule has 0 radical (unpaired) electrons. The second-order valence-corrected chi connectivity index (χ2v) is 7.27. The number of piperazine rings is 1. The summed E-state index contributed by atoms with van der Waals surface area (Å²) in [5.41, 5.74) is 0. The first-order valence-corrected chi connectivity index (χ1v) is 10.1. The van der Waals surface area contributed by atoms with Crippen molar-refractivity contribution in [3.8, 4) is 0 Å². The minimum atomic E-state index is -0.228. The number of nitrogens with one attached hydrogen (secondary N) is 1. The second kappa shape index (κ2) is 8.24. The number of aliphatic imine (C=N–C) groups is 1. The predicted molar refractivity (Wildman–Crippen MR) is 100 cm³/mol. The van der Waals surface area contributed by atoms with Gasteiger partial charge in [0.05, 0.1) is 0 Å². The molecule has 27 heavy (non-hydrogen) atoms. The lowest BCUT2D eigenvalue weighted by atomic mass is 10.2. The molecule has 3 aliphatic heterocycles. The Bertz CT molecular complexity index is 688. The van der Waals surface area contributed by atoms with Gasteiger partial charge in [-0.2, -0.15) is 0 Å². The highest BCUT2D eigenvalue weighted by Gasteiger charge is 2.31. The van der Waals surface area contributed by atoms with Crippen molar-refractivity contribution in [2.45, 2.75) is 51.8 Å². The molecule has 1 unspecified atom stereocenters. The number of carbonyl (C=O) groups is 1. The van der Waals surface area contributed by atoms with E-state index in [0.717, 1.165) is 69.5 Å². The Morgan fingerprint density at radius 2 is 2.00 bits per heavy atom. The van der Waals surface area contributed by atoms with Crippen molar-refractivity contribution in [2.24, 2.45) is 4.99 Å². The molecule has 0 spiro atoms. The quantitative estimate of drug-likeness (QED) is 0.589. The monoisotopic (exact) mass is 375 g/mol. The van der Waals surface area contributed by atoms with E-state index in [-0.39, 0.29) is 12.0 Å². The summed E-state index contributed by atoms with van der Waals surface area (Å²) in [6, 6.07) is 0. The summed E-state index contributed by atoms with van der Waals surface area (Å²) in [7, 11) is 0. The smallest absolute Gasteiger partial charge is 0.251 e. The Morgan fingerprint density at radius 1 is 1.19 bits per heavy atom. The van der Waals surface area contributed by atoms with Crippen LogP contribution in [0.2, 0.25) is 0 Å². The fraction of sp³-hybridized carbons (Fsp3) is 0.778. The van der Waals surface area contributed by atoms with Crippen LogP contribution in [0.1, 0.15) is 37.8 Å². The molecule has 1 amide bonds. The average molecular weight is 375 g/mol. The number of aryl methyl sites for hydroxylation is 1. The number of ether oxygens (including phenoxy) is 1. The summed E-state index contributed by atoms with van der Waals surface area (Å²) < 4.78 is 7.73. The van der Waals surface area contributed by atoms with Gasteiger partial charge in [-0.1, -0.05) is 0 Å². The molecule has 9 nitrogen and oxygen atoms in total. The minimum Gasteiger partial charge on any atom is -0.368 e. The Hall–Kier alpha value is -2.16. The summed E-state index contributed by atoms with van der Waals surface area (Å²) in [5, 5.41) is 11.9. The third-order valence-electron chi connectivity index (χ3n) is 5.49. The van der Waals surface area contributed by atoms with Crippen LogP contribution in [0.15, 0.2) is 4.99 Å². The number of hydrogen-bond donors (Lipinski definition) is 1. The minimum absolute atomic E-state index is 0.146. The van der Waals surface area contributed by atoms with Crippen LogP contribution in [0.3, 0.4) is 0 Å². The Labute approximate surface area is 159 Å². The van der Waals surface area contributed by atoms with Gasteiger partial charge in [0.2, 0.25) is 0 Å². The standard InChI is InChI=1S/C18H29N7O2/c1-2-19-18(20-13-16-22-21-15-6-3-7-25(15)16)24-10-8-23(9-11-24)17(26)14-5-4-12-27-14/h14H,2-13H2,1H3,(H,19,20). The molecule has 148 valence electrons. The molecular formula is C18H29N7O2. The molecule has 2 saturated heterocycles. The number of amides is 1. The summed E-state index contributed by atoms with van der Waals surface area (Å²) in [6.45, 7) is 8.10. The van der Waals surface area contributed by atoms with Crippen LogP contribution in [-0.2, 0) is 29.0 Å². The van der Waals surface area contributed by atoms with E-state index in [2.05, 4.69) is 31.9 Å². The van der Waals surface area contributed by atoms with Crippen LogP contribution in [0.4, 0.5) is 0 Å². The van der Waals surface area contributed by atoms with Crippen LogP contribution >= 0.6 is 0 Å². The van der Waals surface area contributed by atoms with Gasteiger partial charge in [-0.05, 0) is 26.2 Å². The maximum absolute atomic E-state index is 12.5. The molecule has 3 aliphatic rings. The van der Waals surface area contributed by atoms with E-state index in [1.54, 1.807) is 0 Å². The zero-order chi connectivity index (χ0) is 18.6. The van der Waals surface area contributed by atoms with Crippen molar-refractivity contribution >= 4 is 11.9 Å². The first kappa shape index (κ1) is 18.2. The second-order valence-electron chi connectivity index (χ2n) is 7.27. The van der Waals surface area contributed by atoms with E-state index in [1.807, 2.05) is 4.90 Å². The zero-order valence-corrected chi connectivity index (χ0v) is 16.1. The highest BCUT2D eigenvalue weighted by Crippen LogP contribution is 2.17. The molecule has 0 saturated carbocycles. The molecule has 9 heteroatoms. The lowest BCUT2D eigenvalue weighted by Crippen LogP contribution is -2.55. The topological polar surface area (TPSA) is 87.9 Å². The van der Waals surface area contributed by atoms with Crippen molar-refractivity contribution in [3.05, 3.63) is 11.6 Å². The summed E-state index contributed by atoms with van der Waals surface area (Å²) in [5.74, 6) is 3.04. The summed E-state index contributed by atoms with van der Waals surface area (Å²) in [6.07, 6.45) is 3.76. The zero-order valence-electron chi connectivity index (χ0n) is 16.1. The van der Waals surface area contributed by atoms with E-state index in [9.17, 15) is 4.79 Å². The first-order valence-electron chi connectivity index (χ1n) is 10.1. The molecule has 0 bridgehead atoms. The van der Waals surface area contributed by atoms with Crippen LogP contribution in [-0.4, -0.2) is 81.9 Å². The molecule has 0 aromatic carbocycles. The number of nitrogens with zero attached hydrogens (tertiary/aromatic N) is 6. The van der Waals surface area contributed by atoms with Gasteiger partial charge in [-0.3, -0.25) is 4.79 Å². The van der Waals surface area contributed by atoms with Gasteiger partial charge >= 0.3 is 0 Å². The Morgan fingerprint density at radius 3 is 2.74 bits per heavy atom. The summed E-state index contributed by atoms with van der Waals surface area (Å²) >= 11 is 0. The highest BCUT2D eigenvalue weighted by molar-refractivity contribution is 5.82. The number of carbonyl (C=O) groups excluding carboxylic acids is 1.